The molecule has 2 bridgehead atoms. The molecule has 0 spiro atoms. The van der Waals surface area contributed by atoms with E-state index in [2.05, 4.69) is 15.3 Å². The molecule has 4 atom stereocenters. The third-order valence-electron chi connectivity index (χ3n) is 10.7. The average molecular weight is 781 g/mol. The molecule has 1 aromatic carbocycles. The van der Waals surface area contributed by atoms with Crippen LogP contribution in [0, 0.1) is 28.9 Å². The van der Waals surface area contributed by atoms with Crippen LogP contribution >= 0.6 is 11.3 Å². The second-order valence-electron chi connectivity index (χ2n) is 15.5. The first kappa shape index (κ1) is 37.0. The number of aromatic nitrogens is 3. The number of nitrogens with zero attached hydrogens (tertiary/aromatic N) is 7. The van der Waals surface area contributed by atoms with E-state index < -0.39 is 41.5 Å². The summed E-state index contributed by atoms with van der Waals surface area (Å²) in [7, 11) is 1.90. The zero-order valence-electron chi connectivity index (χ0n) is 30.6. The molecule has 0 aliphatic carbocycles. The normalized spacial score (nSPS) is 22.6. The van der Waals surface area contributed by atoms with Gasteiger partial charge in [-0.2, -0.15) is 15.2 Å². The number of piperazine rings is 1. The lowest BCUT2D eigenvalue weighted by molar-refractivity contribution is 0.0635. The summed E-state index contributed by atoms with van der Waals surface area (Å²) in [5.74, 6) is -1.74. The van der Waals surface area contributed by atoms with Crippen molar-refractivity contribution >= 4 is 55.3 Å². The first-order valence-electron chi connectivity index (χ1n) is 18.1. The van der Waals surface area contributed by atoms with Crippen molar-refractivity contribution < 1.29 is 42.1 Å². The number of fused-ring (bicyclic) bond motifs is 6. The van der Waals surface area contributed by atoms with Crippen LogP contribution in [0.2, 0.25) is 0 Å². The van der Waals surface area contributed by atoms with Crippen molar-refractivity contribution in [3.63, 3.8) is 0 Å². The quantitative estimate of drug-likeness (QED) is 0.221. The smallest absolute Gasteiger partial charge is 0.412 e. The van der Waals surface area contributed by atoms with Crippen LogP contribution in [-0.2, 0) is 22.7 Å². The zero-order valence-corrected chi connectivity index (χ0v) is 31.4. The zero-order chi connectivity index (χ0) is 38.9. The molecule has 4 aromatic rings. The van der Waals surface area contributed by atoms with Gasteiger partial charge in [-0.3, -0.25) is 10.3 Å². The van der Waals surface area contributed by atoms with Crippen molar-refractivity contribution in [2.24, 2.45) is 5.92 Å². The number of amides is 2. The van der Waals surface area contributed by atoms with Gasteiger partial charge in [-0.15, -0.1) is 11.3 Å². The molecule has 2 unspecified atom stereocenters. The van der Waals surface area contributed by atoms with Crippen molar-refractivity contribution in [3.05, 3.63) is 34.5 Å². The minimum Gasteiger partial charge on any atom is -0.465 e. The summed E-state index contributed by atoms with van der Waals surface area (Å²) in [5.41, 5.74) is -0.266. The van der Waals surface area contributed by atoms with Gasteiger partial charge in [-0.1, -0.05) is 0 Å². The number of ether oxygens (including phenoxy) is 3. The topological polar surface area (TPSA) is 166 Å². The molecule has 7 heterocycles. The maximum absolute atomic E-state index is 17.6. The summed E-state index contributed by atoms with van der Waals surface area (Å²) in [6.45, 7) is 6.46. The van der Waals surface area contributed by atoms with Crippen molar-refractivity contribution in [2.75, 3.05) is 50.1 Å². The summed E-state index contributed by atoms with van der Waals surface area (Å²) in [6, 6.07) is 1.34. The minimum atomic E-state index is -1.11. The van der Waals surface area contributed by atoms with E-state index in [0.717, 1.165) is 17.5 Å². The summed E-state index contributed by atoms with van der Waals surface area (Å²) >= 11 is 0.799. The highest BCUT2D eigenvalue weighted by Crippen LogP contribution is 2.48. The molecule has 0 radical (unpaired) electrons. The van der Waals surface area contributed by atoms with Gasteiger partial charge in [0.05, 0.1) is 47.4 Å². The molecular weight excluding hydrogens is 742 g/mol. The number of pyridine rings is 1. The van der Waals surface area contributed by atoms with Gasteiger partial charge in [-0.05, 0) is 58.2 Å². The highest BCUT2D eigenvalue weighted by molar-refractivity contribution is 7.23. The van der Waals surface area contributed by atoms with Crippen LogP contribution < -0.4 is 15.0 Å². The number of halogens is 3. The Morgan fingerprint density at radius 3 is 2.53 bits per heavy atom. The van der Waals surface area contributed by atoms with Gasteiger partial charge in [-0.25, -0.2) is 22.8 Å². The highest BCUT2D eigenvalue weighted by atomic mass is 32.1. The number of nitriles is 1. The van der Waals surface area contributed by atoms with E-state index in [4.69, 9.17) is 19.2 Å². The van der Waals surface area contributed by atoms with Gasteiger partial charge in [0.25, 0.3) is 0 Å². The first-order chi connectivity index (χ1) is 26.2. The van der Waals surface area contributed by atoms with Gasteiger partial charge < -0.3 is 34.0 Å². The van der Waals surface area contributed by atoms with Crippen molar-refractivity contribution in [3.8, 4) is 23.3 Å². The number of carbonyl (C=O) groups excluding carboxylic acids is 1. The summed E-state index contributed by atoms with van der Waals surface area (Å²) < 4.78 is 65.5. The first-order valence-corrected chi connectivity index (χ1v) is 18.9. The highest BCUT2D eigenvalue weighted by Gasteiger charge is 2.44. The maximum atomic E-state index is 17.6. The van der Waals surface area contributed by atoms with Gasteiger partial charge in [0.2, 0.25) is 0 Å². The van der Waals surface area contributed by atoms with Crippen LogP contribution in [0.1, 0.15) is 56.7 Å². The second kappa shape index (κ2) is 13.9. The van der Waals surface area contributed by atoms with Crippen molar-refractivity contribution in [2.45, 2.75) is 77.1 Å². The van der Waals surface area contributed by atoms with E-state index in [9.17, 15) is 20.0 Å². The van der Waals surface area contributed by atoms with E-state index in [1.54, 1.807) is 20.8 Å². The number of nitrogens with one attached hydrogen (secondary N) is 1. The molecule has 8 rings (SSSR count). The SMILES string of the molecule is CN1CC[C@H](F)[C@@H](COc2nc(N3C4CCC3CN(C(=O)O)C4)c3c4c(c(-c5ncc(F)c6sc(NC(=O)OC(C)(C)C)c(C#N)c56)c(F)c3n2)COC4)C1. The van der Waals surface area contributed by atoms with E-state index in [1.165, 1.54) is 4.90 Å². The number of anilines is 2. The van der Waals surface area contributed by atoms with E-state index in [1.807, 2.05) is 22.9 Å². The lowest BCUT2D eigenvalue weighted by atomic mass is 9.93. The Morgan fingerprint density at radius 1 is 1.11 bits per heavy atom. The third kappa shape index (κ3) is 6.61. The Bertz CT molecular complexity index is 2260. The molecule has 18 heteroatoms. The van der Waals surface area contributed by atoms with Crippen LogP contribution in [0.4, 0.5) is 33.6 Å². The monoisotopic (exact) mass is 780 g/mol. The van der Waals surface area contributed by atoms with Crippen LogP contribution in [0.25, 0.3) is 32.2 Å². The van der Waals surface area contributed by atoms with E-state index >= 15 is 13.2 Å². The molecule has 2 amide bonds. The number of alkyl halides is 1. The molecule has 4 aliphatic heterocycles. The second-order valence-corrected chi connectivity index (χ2v) is 16.5. The number of rotatable bonds is 6. The van der Waals surface area contributed by atoms with E-state index in [0.29, 0.717) is 54.7 Å². The fraction of sp³-hybridized carbons (Fsp3) is 0.514. The lowest BCUT2D eigenvalue weighted by Crippen LogP contribution is -2.55. The fourth-order valence-electron chi connectivity index (χ4n) is 8.27. The molecule has 3 aromatic heterocycles. The van der Waals surface area contributed by atoms with Crippen LogP contribution in [0.5, 0.6) is 6.01 Å². The number of thiophene rings is 1. The lowest BCUT2D eigenvalue weighted by Gasteiger charge is -2.41. The van der Waals surface area contributed by atoms with Crippen molar-refractivity contribution in [1.29, 1.82) is 5.26 Å². The molecule has 3 saturated heterocycles. The van der Waals surface area contributed by atoms with Gasteiger partial charge in [0.1, 0.15) is 34.2 Å². The molecule has 55 heavy (non-hydrogen) atoms. The number of hydrogen-bond acceptors (Lipinski definition) is 12. The Labute approximate surface area is 317 Å². The molecule has 2 N–H and O–H groups in total. The largest absolute Gasteiger partial charge is 0.465 e. The molecule has 14 nitrogen and oxygen atoms in total. The molecule has 3 fully saturated rings. The summed E-state index contributed by atoms with van der Waals surface area (Å²) in [6.07, 6.45) is -0.348. The molecular formula is C37H39F3N8O6S. The molecule has 290 valence electrons. The number of likely N-dealkylation sites (tertiary alicyclic amines) is 2. The van der Waals surface area contributed by atoms with E-state index in [-0.39, 0.29) is 88.4 Å². The van der Waals surface area contributed by atoms with Gasteiger partial charge >= 0.3 is 18.2 Å². The Hall–Kier alpha value is -4.99. The number of hydrogen-bond donors (Lipinski definition) is 2. The Kier molecular flexibility index (Phi) is 9.37. The van der Waals surface area contributed by atoms with Crippen LogP contribution in [-0.4, -0.2) is 106 Å². The Morgan fingerprint density at radius 2 is 1.84 bits per heavy atom. The van der Waals surface area contributed by atoms with Crippen LogP contribution in [0.15, 0.2) is 6.20 Å². The van der Waals surface area contributed by atoms with Crippen molar-refractivity contribution in [1.82, 2.24) is 24.8 Å². The fourth-order valence-corrected chi connectivity index (χ4v) is 9.31. The maximum Gasteiger partial charge on any atom is 0.412 e. The standard InChI is InChI=1S/C37H39F3N8O6S/c1-37(2,3)54-35(49)45-33-20(9-41)26-29(42-10-24(39)31(26)55-33)25-21-15-52-16-22(21)27-30(28(25)40)43-34(53-14-17-11-46(4)8-7-23(17)38)44-32(27)48-18-5-6-19(48)13-47(12-18)36(50)51/h10,17-19,23H,5-8,11-16H2,1-4H3,(H,45,49)(H,50,51)/t17-,18?,19?,23+/m1/s1. The minimum absolute atomic E-state index is 0.00444. The third-order valence-corrected chi connectivity index (χ3v) is 11.8. The number of benzene rings is 1. The number of carbonyl (C=O) groups is 2. The Balaban J connectivity index is 1.31. The predicted molar refractivity (Wildman–Crippen MR) is 196 cm³/mol. The molecule has 4 aliphatic rings. The van der Waals surface area contributed by atoms with Crippen LogP contribution in [0.3, 0.4) is 0 Å². The van der Waals surface area contributed by atoms with Gasteiger partial charge in [0.15, 0.2) is 11.6 Å². The average Bonchev–Trinajstić information content (AvgIpc) is 3.82. The molecule has 0 saturated carbocycles. The predicted octanol–water partition coefficient (Wildman–Crippen LogP) is 6.43. The number of carboxylic acid groups (broad SMARTS) is 1. The summed E-state index contributed by atoms with van der Waals surface area (Å²) in [5, 5.41) is 23.1. The van der Waals surface area contributed by atoms with Gasteiger partial charge in [0, 0.05) is 55.1 Å². The number of piperidine rings is 1. The summed E-state index contributed by atoms with van der Waals surface area (Å²) in [4.78, 5) is 43.9.